The molecule has 0 spiro atoms. The van der Waals surface area contributed by atoms with Crippen LogP contribution in [-0.2, 0) is 21.4 Å². The number of sulfonamides is 1. The fourth-order valence-corrected chi connectivity index (χ4v) is 4.76. The van der Waals surface area contributed by atoms with Gasteiger partial charge in [-0.05, 0) is 67.9 Å². The molecule has 0 heterocycles. The lowest BCUT2D eigenvalue weighted by molar-refractivity contribution is -0.128. The molecule has 8 heteroatoms. The van der Waals surface area contributed by atoms with Gasteiger partial charge in [-0.15, -0.1) is 0 Å². The number of ether oxygens (including phenoxy) is 1. The van der Waals surface area contributed by atoms with E-state index in [1.165, 1.54) is 29.2 Å². The molecular formula is C25H27ClN2O4S. The summed E-state index contributed by atoms with van der Waals surface area (Å²) in [4.78, 5) is 14.6. The van der Waals surface area contributed by atoms with E-state index in [0.717, 1.165) is 15.4 Å². The van der Waals surface area contributed by atoms with Crippen LogP contribution in [0, 0.1) is 6.92 Å². The molecule has 3 aromatic rings. The minimum absolute atomic E-state index is 0.0507. The number of rotatable bonds is 9. The van der Waals surface area contributed by atoms with E-state index in [1.54, 1.807) is 31.3 Å². The van der Waals surface area contributed by atoms with Crippen LogP contribution in [0.25, 0.3) is 0 Å². The Labute approximate surface area is 200 Å². The zero-order valence-corrected chi connectivity index (χ0v) is 20.4. The van der Waals surface area contributed by atoms with Gasteiger partial charge in [0.15, 0.2) is 0 Å². The first-order chi connectivity index (χ1) is 15.7. The predicted octanol–water partition coefficient (Wildman–Crippen LogP) is 4.90. The highest BCUT2D eigenvalue weighted by atomic mass is 35.5. The van der Waals surface area contributed by atoms with Crippen LogP contribution < -0.4 is 9.04 Å². The van der Waals surface area contributed by atoms with E-state index < -0.39 is 10.0 Å². The largest absolute Gasteiger partial charge is 0.494 e. The van der Waals surface area contributed by atoms with Gasteiger partial charge in [0, 0.05) is 18.6 Å². The molecule has 0 aliphatic carbocycles. The Hall–Kier alpha value is -3.03. The number of hydrogen-bond acceptors (Lipinski definition) is 4. The number of benzene rings is 3. The molecule has 6 nitrogen and oxygen atoms in total. The zero-order valence-electron chi connectivity index (χ0n) is 18.9. The van der Waals surface area contributed by atoms with Gasteiger partial charge in [0.2, 0.25) is 5.91 Å². The number of nitrogens with zero attached hydrogens (tertiary/aromatic N) is 2. The number of hydrogen-bond donors (Lipinski definition) is 0. The molecule has 0 bridgehead atoms. The van der Waals surface area contributed by atoms with E-state index in [9.17, 15) is 13.2 Å². The molecule has 33 heavy (non-hydrogen) atoms. The maximum Gasteiger partial charge on any atom is 0.264 e. The Morgan fingerprint density at radius 1 is 0.939 bits per heavy atom. The number of anilines is 1. The Kier molecular flexibility index (Phi) is 8.00. The second kappa shape index (κ2) is 10.7. The fourth-order valence-electron chi connectivity index (χ4n) is 3.22. The Bertz CT molecular complexity index is 1180. The molecule has 0 aromatic heterocycles. The van der Waals surface area contributed by atoms with E-state index in [1.807, 2.05) is 38.1 Å². The Balaban J connectivity index is 1.89. The first-order valence-electron chi connectivity index (χ1n) is 10.5. The van der Waals surface area contributed by atoms with Crippen LogP contribution in [0.5, 0.6) is 5.75 Å². The lowest BCUT2D eigenvalue weighted by atomic mass is 10.1. The van der Waals surface area contributed by atoms with Gasteiger partial charge < -0.3 is 9.64 Å². The van der Waals surface area contributed by atoms with Crippen molar-refractivity contribution in [3.8, 4) is 5.75 Å². The molecule has 0 unspecified atom stereocenters. The summed E-state index contributed by atoms with van der Waals surface area (Å²) in [7, 11) is -2.36. The third kappa shape index (κ3) is 6.27. The minimum Gasteiger partial charge on any atom is -0.494 e. The van der Waals surface area contributed by atoms with Crippen LogP contribution in [0.2, 0.25) is 5.02 Å². The lowest BCUT2D eigenvalue weighted by Crippen LogP contribution is -2.41. The summed E-state index contributed by atoms with van der Waals surface area (Å²) >= 11 is 5.93. The van der Waals surface area contributed by atoms with Gasteiger partial charge in [-0.1, -0.05) is 41.4 Å². The highest BCUT2D eigenvalue weighted by Gasteiger charge is 2.28. The second-order valence-electron chi connectivity index (χ2n) is 7.63. The Morgan fingerprint density at radius 3 is 2.12 bits per heavy atom. The van der Waals surface area contributed by atoms with Gasteiger partial charge in [-0.3, -0.25) is 9.10 Å². The quantitative estimate of drug-likeness (QED) is 0.431. The van der Waals surface area contributed by atoms with Crippen LogP contribution in [0.15, 0.2) is 77.7 Å². The molecule has 0 fully saturated rings. The number of likely N-dealkylation sites (N-methyl/N-ethyl adjacent to an activating group) is 1. The van der Waals surface area contributed by atoms with Crippen LogP contribution in [0.4, 0.5) is 5.69 Å². The SMILES string of the molecule is CCOc1ccc(N(CC(=O)N(C)Cc2ccc(C)cc2)S(=O)(=O)c2ccc(Cl)cc2)cc1. The molecule has 0 radical (unpaired) electrons. The van der Waals surface area contributed by atoms with Crippen molar-refractivity contribution in [3.05, 3.63) is 88.9 Å². The maximum atomic E-state index is 13.5. The molecule has 0 aliphatic rings. The van der Waals surface area contributed by atoms with Crippen LogP contribution in [-0.4, -0.2) is 39.4 Å². The summed E-state index contributed by atoms with van der Waals surface area (Å²) in [5.74, 6) is 0.287. The van der Waals surface area contributed by atoms with E-state index >= 15 is 0 Å². The standard InChI is InChI=1S/C25H27ClN2O4S/c1-4-32-23-13-11-22(12-14-23)28(33(30,31)24-15-9-21(26)10-16-24)18-25(29)27(3)17-20-7-5-19(2)6-8-20/h5-16H,4,17-18H2,1-3H3. The van der Waals surface area contributed by atoms with Crippen molar-refractivity contribution < 1.29 is 17.9 Å². The number of halogens is 1. The summed E-state index contributed by atoms with van der Waals surface area (Å²) in [6.45, 7) is 4.38. The van der Waals surface area contributed by atoms with Crippen LogP contribution >= 0.6 is 11.6 Å². The van der Waals surface area contributed by atoms with Crippen molar-refractivity contribution in [2.75, 3.05) is 24.5 Å². The second-order valence-corrected chi connectivity index (χ2v) is 9.93. The first-order valence-corrected chi connectivity index (χ1v) is 12.3. The van der Waals surface area contributed by atoms with Crippen molar-refractivity contribution in [1.29, 1.82) is 0 Å². The summed E-state index contributed by atoms with van der Waals surface area (Å²) < 4.78 is 33.6. The van der Waals surface area contributed by atoms with E-state index in [4.69, 9.17) is 16.3 Å². The molecule has 0 atom stereocenters. The first kappa shape index (κ1) is 24.6. The fraction of sp³-hybridized carbons (Fsp3) is 0.240. The maximum absolute atomic E-state index is 13.5. The van der Waals surface area contributed by atoms with Crippen molar-refractivity contribution >= 4 is 33.2 Å². The molecule has 174 valence electrons. The van der Waals surface area contributed by atoms with E-state index in [2.05, 4.69) is 0 Å². The average Bonchev–Trinajstić information content (AvgIpc) is 2.80. The Morgan fingerprint density at radius 2 is 1.55 bits per heavy atom. The van der Waals surface area contributed by atoms with E-state index in [0.29, 0.717) is 29.6 Å². The van der Waals surface area contributed by atoms with Crippen molar-refractivity contribution in [3.63, 3.8) is 0 Å². The van der Waals surface area contributed by atoms with Gasteiger partial charge in [-0.25, -0.2) is 8.42 Å². The molecule has 0 aliphatic heterocycles. The van der Waals surface area contributed by atoms with Gasteiger partial charge in [0.25, 0.3) is 10.0 Å². The lowest BCUT2D eigenvalue weighted by Gasteiger charge is -2.27. The van der Waals surface area contributed by atoms with Gasteiger partial charge in [0.1, 0.15) is 12.3 Å². The van der Waals surface area contributed by atoms with Crippen molar-refractivity contribution in [2.45, 2.75) is 25.3 Å². The molecule has 1 amide bonds. The molecule has 0 saturated heterocycles. The predicted molar refractivity (Wildman–Crippen MR) is 131 cm³/mol. The zero-order chi connectivity index (χ0) is 24.0. The average molecular weight is 487 g/mol. The smallest absolute Gasteiger partial charge is 0.264 e. The molecular weight excluding hydrogens is 460 g/mol. The number of carbonyl (C=O) groups excluding carboxylic acids is 1. The molecule has 0 N–H and O–H groups in total. The monoisotopic (exact) mass is 486 g/mol. The van der Waals surface area contributed by atoms with Crippen LogP contribution in [0.1, 0.15) is 18.1 Å². The minimum atomic E-state index is -4.02. The molecule has 3 rings (SSSR count). The topological polar surface area (TPSA) is 66.9 Å². The van der Waals surface area contributed by atoms with Crippen LogP contribution in [0.3, 0.4) is 0 Å². The summed E-state index contributed by atoms with van der Waals surface area (Å²) in [5.41, 5.74) is 2.46. The number of aryl methyl sites for hydroxylation is 1. The molecule has 0 saturated carbocycles. The van der Waals surface area contributed by atoms with Crippen molar-refractivity contribution in [1.82, 2.24) is 4.90 Å². The normalized spacial score (nSPS) is 11.2. The van der Waals surface area contributed by atoms with Gasteiger partial charge in [0.05, 0.1) is 17.2 Å². The summed E-state index contributed by atoms with van der Waals surface area (Å²) in [6, 6.07) is 20.4. The summed E-state index contributed by atoms with van der Waals surface area (Å²) in [5, 5.41) is 0.426. The van der Waals surface area contributed by atoms with Gasteiger partial charge in [-0.2, -0.15) is 0 Å². The highest BCUT2D eigenvalue weighted by Crippen LogP contribution is 2.27. The van der Waals surface area contributed by atoms with E-state index in [-0.39, 0.29) is 17.3 Å². The third-order valence-corrected chi connectivity index (χ3v) is 7.12. The number of carbonyl (C=O) groups is 1. The summed E-state index contributed by atoms with van der Waals surface area (Å²) in [6.07, 6.45) is 0. The molecule has 3 aromatic carbocycles. The number of amides is 1. The highest BCUT2D eigenvalue weighted by molar-refractivity contribution is 7.92. The van der Waals surface area contributed by atoms with Gasteiger partial charge >= 0.3 is 0 Å². The third-order valence-electron chi connectivity index (χ3n) is 5.08. The van der Waals surface area contributed by atoms with Crippen molar-refractivity contribution in [2.24, 2.45) is 0 Å².